The maximum atomic E-state index is 11.8. The van der Waals surface area contributed by atoms with E-state index < -0.39 is 12.6 Å². The van der Waals surface area contributed by atoms with Crippen LogP contribution in [0.25, 0.3) is 0 Å². The second kappa shape index (κ2) is 4.78. The lowest BCUT2D eigenvalue weighted by atomic mass is 9.69. The van der Waals surface area contributed by atoms with Gasteiger partial charge in [-0.15, -0.1) is 0 Å². The maximum Gasteiger partial charge on any atom is 0.329 e. The van der Waals surface area contributed by atoms with Gasteiger partial charge in [-0.05, 0) is 36.0 Å². The van der Waals surface area contributed by atoms with Crippen LogP contribution >= 0.6 is 0 Å². The molecule has 5 nitrogen and oxygen atoms in total. The third-order valence-corrected chi connectivity index (χ3v) is 5.59. The van der Waals surface area contributed by atoms with Gasteiger partial charge in [-0.2, -0.15) is 0 Å². The summed E-state index contributed by atoms with van der Waals surface area (Å²) in [5.74, 6) is -0.598. The average Bonchev–Trinajstić information content (AvgIpc) is 2.61. The van der Waals surface area contributed by atoms with Crippen molar-refractivity contribution in [3.05, 3.63) is 0 Å². The molecule has 3 unspecified atom stereocenters. The molecule has 3 atom stereocenters. The van der Waals surface area contributed by atoms with E-state index in [9.17, 15) is 9.59 Å². The average molecular weight is 269 g/mol. The number of hydrogen-bond donors (Lipinski definition) is 2. The number of rotatable bonds is 5. The summed E-state index contributed by atoms with van der Waals surface area (Å²) in [6.45, 7) is 6.23. The third-order valence-electron chi connectivity index (χ3n) is 5.59. The first-order valence-corrected chi connectivity index (χ1v) is 6.86. The zero-order chi connectivity index (χ0) is 14.3. The fraction of sp³-hybridized carbons (Fsp3) is 0.857. The number of aliphatic carboxylic acids is 1. The topological polar surface area (TPSA) is 75.6 Å². The molecule has 2 bridgehead atoms. The van der Waals surface area contributed by atoms with Crippen molar-refractivity contribution in [2.45, 2.75) is 46.1 Å². The largest absolute Gasteiger partial charge is 0.480 e. The van der Waals surface area contributed by atoms with Gasteiger partial charge in [0.15, 0.2) is 0 Å². The minimum Gasteiger partial charge on any atom is -0.480 e. The number of ether oxygens (including phenoxy) is 1. The smallest absolute Gasteiger partial charge is 0.329 e. The lowest BCUT2D eigenvalue weighted by molar-refractivity contribution is -0.143. The molecular weight excluding hydrogens is 246 g/mol. The third kappa shape index (κ3) is 2.36. The van der Waals surface area contributed by atoms with Gasteiger partial charge in [0.1, 0.15) is 13.2 Å². The molecule has 19 heavy (non-hydrogen) atoms. The van der Waals surface area contributed by atoms with E-state index >= 15 is 0 Å². The molecule has 0 heterocycles. The van der Waals surface area contributed by atoms with E-state index in [0.29, 0.717) is 5.92 Å². The molecule has 1 amide bonds. The Kier molecular flexibility index (Phi) is 3.60. The Hall–Kier alpha value is -1.10. The van der Waals surface area contributed by atoms with Gasteiger partial charge in [-0.25, -0.2) is 4.79 Å². The highest BCUT2D eigenvalue weighted by molar-refractivity contribution is 5.78. The highest BCUT2D eigenvalue weighted by Crippen LogP contribution is 2.65. The van der Waals surface area contributed by atoms with Crippen molar-refractivity contribution >= 4 is 11.9 Å². The molecule has 0 aromatic carbocycles. The minimum atomic E-state index is -1.05. The fourth-order valence-corrected chi connectivity index (χ4v) is 3.89. The van der Waals surface area contributed by atoms with Gasteiger partial charge in [-0.1, -0.05) is 20.8 Å². The first kappa shape index (κ1) is 14.3. The van der Waals surface area contributed by atoms with Crippen molar-refractivity contribution in [2.75, 3.05) is 13.2 Å². The highest BCUT2D eigenvalue weighted by Gasteiger charge is 2.61. The molecule has 0 aromatic heterocycles. The Balaban J connectivity index is 1.88. The molecule has 0 radical (unpaired) electrons. The van der Waals surface area contributed by atoms with Crippen LogP contribution < -0.4 is 5.32 Å². The number of carboxylic acids is 1. The summed E-state index contributed by atoms with van der Waals surface area (Å²) in [6.07, 6.45) is 3.41. The van der Waals surface area contributed by atoms with Crippen molar-refractivity contribution in [1.82, 2.24) is 5.32 Å². The number of hydrogen-bond acceptors (Lipinski definition) is 3. The molecule has 2 rings (SSSR count). The second-order valence-corrected chi connectivity index (χ2v) is 6.62. The SMILES string of the molecule is CC1(C)C2CCC1(C)C(NC(=O)COCC(=O)O)C2. The summed E-state index contributed by atoms with van der Waals surface area (Å²) in [5.41, 5.74) is 0.396. The summed E-state index contributed by atoms with van der Waals surface area (Å²) < 4.78 is 4.82. The van der Waals surface area contributed by atoms with Gasteiger partial charge in [-0.3, -0.25) is 4.79 Å². The maximum absolute atomic E-state index is 11.8. The summed E-state index contributed by atoms with van der Waals surface area (Å²) in [5, 5.41) is 11.5. The molecule has 2 saturated carbocycles. The van der Waals surface area contributed by atoms with E-state index in [-0.39, 0.29) is 29.4 Å². The second-order valence-electron chi connectivity index (χ2n) is 6.62. The van der Waals surface area contributed by atoms with Crippen LogP contribution in [0.15, 0.2) is 0 Å². The molecular formula is C14H23NO4. The zero-order valence-corrected chi connectivity index (χ0v) is 11.9. The molecule has 2 fully saturated rings. The van der Waals surface area contributed by atoms with Crippen LogP contribution in [-0.2, 0) is 14.3 Å². The zero-order valence-electron chi connectivity index (χ0n) is 11.9. The van der Waals surface area contributed by atoms with Crippen molar-refractivity contribution in [3.63, 3.8) is 0 Å². The predicted octanol–water partition coefficient (Wildman–Crippen LogP) is 1.42. The Morgan fingerprint density at radius 3 is 2.47 bits per heavy atom. The van der Waals surface area contributed by atoms with Crippen LogP contribution in [0.2, 0.25) is 0 Å². The normalized spacial score (nSPS) is 35.3. The number of carbonyl (C=O) groups is 2. The summed E-state index contributed by atoms with van der Waals surface area (Å²) in [4.78, 5) is 22.1. The molecule has 0 aliphatic heterocycles. The van der Waals surface area contributed by atoms with Gasteiger partial charge in [0, 0.05) is 6.04 Å². The number of nitrogens with one attached hydrogen (secondary N) is 1. The number of carboxylic acid groups (broad SMARTS) is 1. The van der Waals surface area contributed by atoms with Crippen LogP contribution in [0.1, 0.15) is 40.0 Å². The van der Waals surface area contributed by atoms with Crippen LogP contribution in [0.3, 0.4) is 0 Å². The Labute approximate surface area is 113 Å². The predicted molar refractivity (Wildman–Crippen MR) is 69.6 cm³/mol. The highest BCUT2D eigenvalue weighted by atomic mass is 16.5. The summed E-state index contributed by atoms with van der Waals surface area (Å²) >= 11 is 0. The Morgan fingerprint density at radius 2 is 2.00 bits per heavy atom. The van der Waals surface area contributed by atoms with Crippen molar-refractivity contribution in [1.29, 1.82) is 0 Å². The molecule has 0 saturated heterocycles. The van der Waals surface area contributed by atoms with E-state index in [4.69, 9.17) is 9.84 Å². The summed E-state index contributed by atoms with van der Waals surface area (Å²) in [6, 6.07) is 0.183. The molecule has 0 spiro atoms. The lowest BCUT2D eigenvalue weighted by Crippen LogP contribution is -2.48. The van der Waals surface area contributed by atoms with Crippen LogP contribution in [0, 0.1) is 16.7 Å². The minimum absolute atomic E-state index is 0.139. The first-order valence-electron chi connectivity index (χ1n) is 6.86. The van der Waals surface area contributed by atoms with Gasteiger partial charge in [0.05, 0.1) is 0 Å². The van der Waals surface area contributed by atoms with Crippen LogP contribution in [0.5, 0.6) is 0 Å². The van der Waals surface area contributed by atoms with E-state index in [1.807, 2.05) is 0 Å². The molecule has 5 heteroatoms. The summed E-state index contributed by atoms with van der Waals surface area (Å²) in [7, 11) is 0. The van der Waals surface area contributed by atoms with Gasteiger partial charge < -0.3 is 15.2 Å². The molecule has 108 valence electrons. The Bertz CT molecular complexity index is 393. The molecule has 2 N–H and O–H groups in total. The lowest BCUT2D eigenvalue weighted by Gasteiger charge is -2.39. The van der Waals surface area contributed by atoms with Gasteiger partial charge in [0.2, 0.25) is 5.91 Å². The van der Waals surface area contributed by atoms with Crippen LogP contribution in [0.4, 0.5) is 0 Å². The molecule has 2 aliphatic carbocycles. The molecule has 0 aromatic rings. The van der Waals surface area contributed by atoms with E-state index in [1.54, 1.807) is 0 Å². The number of fused-ring (bicyclic) bond motifs is 2. The van der Waals surface area contributed by atoms with Crippen LogP contribution in [-0.4, -0.2) is 36.2 Å². The standard InChI is InChI=1S/C14H23NO4/c1-13(2)9-4-5-14(13,3)10(6-9)15-11(16)7-19-8-12(17)18/h9-10H,4-8H2,1-3H3,(H,15,16)(H,17,18). The quantitative estimate of drug-likeness (QED) is 0.791. The van der Waals surface area contributed by atoms with Gasteiger partial charge in [0.25, 0.3) is 0 Å². The van der Waals surface area contributed by atoms with Crippen molar-refractivity contribution in [2.24, 2.45) is 16.7 Å². The first-order chi connectivity index (χ1) is 8.77. The fourth-order valence-electron chi connectivity index (χ4n) is 3.89. The number of carbonyl (C=O) groups excluding carboxylic acids is 1. The number of amides is 1. The Morgan fingerprint density at radius 1 is 1.32 bits per heavy atom. The molecule has 2 aliphatic rings. The van der Waals surface area contributed by atoms with Crippen molar-refractivity contribution < 1.29 is 19.4 Å². The monoisotopic (exact) mass is 269 g/mol. The van der Waals surface area contributed by atoms with E-state index in [1.165, 1.54) is 6.42 Å². The van der Waals surface area contributed by atoms with E-state index in [0.717, 1.165) is 12.8 Å². The van der Waals surface area contributed by atoms with Gasteiger partial charge >= 0.3 is 5.97 Å². The van der Waals surface area contributed by atoms with E-state index in [2.05, 4.69) is 26.1 Å². The van der Waals surface area contributed by atoms with Crippen molar-refractivity contribution in [3.8, 4) is 0 Å².